The predicted octanol–water partition coefficient (Wildman–Crippen LogP) is -14.3. The van der Waals surface area contributed by atoms with Crippen molar-refractivity contribution in [2.24, 2.45) is 0 Å². The smallest absolute Gasteiger partial charge is 0.545 e. The van der Waals surface area contributed by atoms with Crippen LogP contribution in [0, 0.1) is 27.7 Å². The average molecular weight is 1060 g/mol. The Morgan fingerprint density at radius 1 is 0.403 bits per heavy atom. The number of carboxylic acid groups (broad SMARTS) is 5. The van der Waals surface area contributed by atoms with Gasteiger partial charge in [0.05, 0.1) is 72.6 Å². The van der Waals surface area contributed by atoms with Gasteiger partial charge in [0.25, 0.3) is 0 Å². The van der Waals surface area contributed by atoms with E-state index in [1.54, 1.807) is 18.2 Å². The Labute approximate surface area is 569 Å². The van der Waals surface area contributed by atoms with Crippen molar-refractivity contribution in [3.8, 4) is 17.2 Å². The number of methoxy groups -OCH3 is 3. The molecule has 0 aromatic heterocycles. The first-order valence-corrected chi connectivity index (χ1v) is 18.1. The number of carbonyl (C=O) groups is 5. The molecule has 25 heteroatoms. The molecule has 0 heterocycles. The number of aryl methyl sites for hydroxylation is 4. The summed E-state index contributed by atoms with van der Waals surface area (Å²) >= 11 is 11.2. The molecule has 0 bridgehead atoms. The van der Waals surface area contributed by atoms with Crippen LogP contribution in [0.4, 0.5) is 28.4 Å². The van der Waals surface area contributed by atoms with E-state index in [1.165, 1.54) is 69.9 Å². The summed E-state index contributed by atoms with van der Waals surface area (Å²) in [6.07, 6.45) is 0. The van der Waals surface area contributed by atoms with Gasteiger partial charge in [-0.2, -0.15) is 0 Å². The first-order valence-electron chi connectivity index (χ1n) is 17.3. The second kappa shape index (κ2) is 37.1. The molecule has 5 aromatic rings. The van der Waals surface area contributed by atoms with Gasteiger partial charge in [-0.15, -0.1) is 0 Å². The van der Waals surface area contributed by atoms with E-state index in [0.717, 1.165) is 22.3 Å². The molecule has 332 valence electrons. The maximum atomic E-state index is 10.6. The summed E-state index contributed by atoms with van der Waals surface area (Å²) in [5, 5.41) is 52.9. The fourth-order valence-electron chi connectivity index (χ4n) is 4.71. The van der Waals surface area contributed by atoms with Crippen LogP contribution in [0.3, 0.4) is 0 Å². The summed E-state index contributed by atoms with van der Waals surface area (Å²) in [4.78, 5) is 52.6. The van der Waals surface area contributed by atoms with Crippen LogP contribution in [-0.4, -0.2) is 51.2 Å². The molecule has 0 aliphatic heterocycles. The third-order valence-corrected chi connectivity index (χ3v) is 8.95. The van der Waals surface area contributed by atoms with Crippen LogP contribution < -0.4 is 282 Å². The Bertz CT molecular complexity index is 2360. The molecular weight excluding hydrogens is 1020 g/mol. The molecule has 0 saturated heterocycles. The number of carbonyl (C=O) groups excluding carboxylic acids is 5. The van der Waals surface area contributed by atoms with E-state index in [4.69, 9.17) is 66.1 Å². The average Bonchev–Trinajstić information content (AvgIpc) is 3.19. The molecule has 0 spiro atoms. The molecule has 0 unspecified atom stereocenters. The Kier molecular flexibility index (Phi) is 41.7. The monoisotopic (exact) mass is 1060 g/mol. The van der Waals surface area contributed by atoms with Gasteiger partial charge in [-0.05, 0) is 105 Å². The van der Waals surface area contributed by atoms with Crippen molar-refractivity contribution in [1.82, 2.24) is 0 Å². The molecule has 0 atom stereocenters. The van der Waals surface area contributed by atoms with E-state index in [9.17, 15) is 49.5 Å². The van der Waals surface area contributed by atoms with Gasteiger partial charge >= 0.3 is 213 Å². The standard InChI is InChI=1S/2C9H11NO2.2C8H8ClNO3.C8H9NO3.3K.2Na/c2*1-5-3-7(9(11)12)8(10)4-6(5)2;2*1-13-7-3-6(10)5(9)2-4(7)8(11)12;1-12-7-3-2-5(9)4-6(7)8(10)11;;;;;/h2*3-4H,10H2,1-2H3,(H,11,12);2*2-3H,10H2,1H3,(H,11,12);2-4H,9H2,1H3,(H,10,11);;;;;/q;;;;;5*+1/p-5. The van der Waals surface area contributed by atoms with Gasteiger partial charge in [-0.3, -0.25) is 0 Å². The molecule has 10 N–H and O–H groups in total. The number of halogens is 2. The molecule has 67 heavy (non-hydrogen) atoms. The SMILES string of the molecule is COc1cc(N)c(Cl)cc1C(=O)[O-].COc1cc(N)c(Cl)cc1C(=O)[O-].COc1ccc(N)cc1C(=O)[O-].Cc1cc(N)c(C(=O)[O-])cc1C.Cc1cc(N)c(C(=O)[O-])cc1C.[K+].[K+].[K+].[Na+].[Na+]. The number of rotatable bonds is 8. The first-order chi connectivity index (χ1) is 28.8. The normalized spacial score (nSPS) is 8.97. The van der Waals surface area contributed by atoms with Crippen LogP contribution in [0.5, 0.6) is 17.2 Å². The van der Waals surface area contributed by atoms with Crippen LogP contribution in [0.1, 0.15) is 74.0 Å². The molecule has 0 saturated carbocycles. The summed E-state index contributed by atoms with van der Waals surface area (Å²) in [7, 11) is 4.07. The molecule has 0 fully saturated rings. The number of nitrogen functional groups attached to an aromatic ring is 5. The van der Waals surface area contributed by atoms with Crippen molar-refractivity contribution in [3.63, 3.8) is 0 Å². The van der Waals surface area contributed by atoms with E-state index in [-0.39, 0.29) is 291 Å². The molecule has 0 amide bonds. The minimum absolute atomic E-state index is 0. The maximum Gasteiger partial charge on any atom is 1.00 e. The van der Waals surface area contributed by atoms with E-state index in [1.807, 2.05) is 27.7 Å². The third-order valence-electron chi connectivity index (χ3n) is 8.29. The van der Waals surface area contributed by atoms with Gasteiger partial charge in [0.2, 0.25) is 0 Å². The number of nitrogens with two attached hydrogens (primary N) is 5. The van der Waals surface area contributed by atoms with Crippen LogP contribution >= 0.6 is 23.2 Å². The zero-order valence-electron chi connectivity index (χ0n) is 39.3. The van der Waals surface area contributed by atoms with Crippen molar-refractivity contribution in [1.29, 1.82) is 0 Å². The Morgan fingerprint density at radius 2 is 0.672 bits per heavy atom. The summed E-state index contributed by atoms with van der Waals surface area (Å²) in [6.45, 7) is 7.43. The number of carboxylic acids is 5. The van der Waals surface area contributed by atoms with Crippen molar-refractivity contribution in [2.75, 3.05) is 50.0 Å². The van der Waals surface area contributed by atoms with Crippen molar-refractivity contribution in [2.45, 2.75) is 27.7 Å². The van der Waals surface area contributed by atoms with Gasteiger partial charge in [0.1, 0.15) is 17.2 Å². The minimum Gasteiger partial charge on any atom is -0.545 e. The number of benzene rings is 5. The molecule has 5 rings (SSSR count). The predicted molar refractivity (Wildman–Crippen MR) is 225 cm³/mol. The summed E-state index contributed by atoms with van der Waals surface area (Å²) in [5.41, 5.74) is 32.3. The first kappa shape index (κ1) is 75.3. The maximum absolute atomic E-state index is 10.6. The molecular formula is C42H42Cl2K3N5Na2O13. The number of hydrogen-bond acceptors (Lipinski definition) is 18. The number of aromatic carboxylic acids is 5. The minimum atomic E-state index is -1.35. The van der Waals surface area contributed by atoms with Crippen molar-refractivity contribution in [3.05, 3.63) is 127 Å². The molecule has 5 aromatic carbocycles. The summed E-state index contributed by atoms with van der Waals surface area (Å²) in [5.74, 6) is -5.91. The van der Waals surface area contributed by atoms with Gasteiger partial charge < -0.3 is 92.4 Å². The van der Waals surface area contributed by atoms with E-state index in [0.29, 0.717) is 5.69 Å². The van der Waals surface area contributed by atoms with Crippen molar-refractivity contribution >= 4 is 81.5 Å². The van der Waals surface area contributed by atoms with E-state index in [2.05, 4.69) is 0 Å². The van der Waals surface area contributed by atoms with Crippen LogP contribution in [0.15, 0.2) is 66.7 Å². The number of ether oxygens (including phenoxy) is 3. The Morgan fingerprint density at radius 3 is 0.940 bits per heavy atom. The zero-order valence-corrected chi connectivity index (χ0v) is 54.2. The van der Waals surface area contributed by atoms with Crippen LogP contribution in [0.25, 0.3) is 0 Å². The largest absolute Gasteiger partial charge is 1.00 e. The van der Waals surface area contributed by atoms with Crippen molar-refractivity contribution < 1.29 is 277 Å². The van der Waals surface area contributed by atoms with Crippen LogP contribution in [-0.2, 0) is 0 Å². The van der Waals surface area contributed by atoms with E-state index >= 15 is 0 Å². The van der Waals surface area contributed by atoms with E-state index < -0.39 is 29.8 Å². The topological polar surface area (TPSA) is 358 Å². The summed E-state index contributed by atoms with van der Waals surface area (Å²) in [6, 6.07) is 15.8. The Hall–Kier alpha value is -0.661. The van der Waals surface area contributed by atoms with Gasteiger partial charge in [0.15, 0.2) is 0 Å². The number of hydrogen-bond donors (Lipinski definition) is 5. The fourth-order valence-corrected chi connectivity index (χ4v) is 5.04. The molecule has 0 radical (unpaired) electrons. The fraction of sp³-hybridized carbons (Fsp3) is 0.167. The quantitative estimate of drug-likeness (QED) is 0.0712. The molecule has 0 aliphatic carbocycles. The second-order valence-corrected chi connectivity index (χ2v) is 13.4. The molecule has 0 aliphatic rings. The molecule has 18 nitrogen and oxygen atoms in total. The second-order valence-electron chi connectivity index (χ2n) is 12.6. The van der Waals surface area contributed by atoms with Gasteiger partial charge in [-0.1, -0.05) is 23.2 Å². The number of anilines is 5. The summed E-state index contributed by atoms with van der Waals surface area (Å²) < 4.78 is 14.4. The van der Waals surface area contributed by atoms with Crippen LogP contribution in [0.2, 0.25) is 10.0 Å². The van der Waals surface area contributed by atoms with Gasteiger partial charge in [0, 0.05) is 57.0 Å². The zero-order chi connectivity index (χ0) is 47.8. The van der Waals surface area contributed by atoms with Gasteiger partial charge in [-0.25, -0.2) is 0 Å². The Balaban J connectivity index is -0.000000235. The third kappa shape index (κ3) is 25.0.